The SMILES string of the molecule is COCCN(CCC(=O)Nc1cc(Cl)ccc1Cl)S(C)(=O)=O. The molecule has 1 rings (SSSR count). The molecular weight excluding hydrogens is 351 g/mol. The average Bonchev–Trinajstić information content (AvgIpc) is 2.41. The second kappa shape index (κ2) is 8.69. The van der Waals surface area contributed by atoms with Crippen molar-refractivity contribution in [3.8, 4) is 0 Å². The van der Waals surface area contributed by atoms with Gasteiger partial charge in [-0.3, -0.25) is 4.79 Å². The lowest BCUT2D eigenvalue weighted by Crippen LogP contribution is -2.35. The van der Waals surface area contributed by atoms with Gasteiger partial charge in [0.25, 0.3) is 0 Å². The molecule has 0 spiro atoms. The Kier molecular flexibility index (Phi) is 7.58. The van der Waals surface area contributed by atoms with Crippen molar-refractivity contribution >= 4 is 44.8 Å². The van der Waals surface area contributed by atoms with Gasteiger partial charge in [0, 0.05) is 31.6 Å². The van der Waals surface area contributed by atoms with Gasteiger partial charge < -0.3 is 10.1 Å². The quantitative estimate of drug-likeness (QED) is 0.763. The van der Waals surface area contributed by atoms with Crippen LogP contribution in [0.15, 0.2) is 18.2 Å². The van der Waals surface area contributed by atoms with E-state index in [0.29, 0.717) is 15.7 Å². The largest absolute Gasteiger partial charge is 0.383 e. The number of sulfonamides is 1. The zero-order chi connectivity index (χ0) is 16.8. The van der Waals surface area contributed by atoms with E-state index in [9.17, 15) is 13.2 Å². The van der Waals surface area contributed by atoms with Crippen molar-refractivity contribution in [1.29, 1.82) is 0 Å². The molecule has 0 aliphatic carbocycles. The molecule has 9 heteroatoms. The maximum Gasteiger partial charge on any atom is 0.225 e. The van der Waals surface area contributed by atoms with Crippen molar-refractivity contribution < 1.29 is 17.9 Å². The van der Waals surface area contributed by atoms with Gasteiger partial charge in [-0.25, -0.2) is 8.42 Å². The zero-order valence-corrected chi connectivity index (χ0v) is 14.6. The number of rotatable bonds is 8. The molecule has 6 nitrogen and oxygen atoms in total. The van der Waals surface area contributed by atoms with E-state index in [2.05, 4.69) is 5.32 Å². The van der Waals surface area contributed by atoms with Crippen LogP contribution in [0.4, 0.5) is 5.69 Å². The van der Waals surface area contributed by atoms with Crippen molar-refractivity contribution in [2.75, 3.05) is 38.4 Å². The van der Waals surface area contributed by atoms with Crippen molar-refractivity contribution in [1.82, 2.24) is 4.31 Å². The first-order valence-electron chi connectivity index (χ1n) is 6.43. The molecule has 0 aliphatic heterocycles. The van der Waals surface area contributed by atoms with Crippen molar-refractivity contribution in [2.24, 2.45) is 0 Å². The van der Waals surface area contributed by atoms with E-state index in [1.54, 1.807) is 12.1 Å². The molecule has 1 aromatic rings. The first-order valence-corrected chi connectivity index (χ1v) is 9.03. The van der Waals surface area contributed by atoms with Crippen LogP contribution in [-0.2, 0) is 19.6 Å². The fourth-order valence-electron chi connectivity index (χ4n) is 1.67. The number of carbonyl (C=O) groups excluding carboxylic acids is 1. The first kappa shape index (κ1) is 19.2. The molecule has 22 heavy (non-hydrogen) atoms. The van der Waals surface area contributed by atoms with Gasteiger partial charge in [0.1, 0.15) is 0 Å². The van der Waals surface area contributed by atoms with Crippen LogP contribution in [0.5, 0.6) is 0 Å². The third kappa shape index (κ3) is 6.50. The van der Waals surface area contributed by atoms with Crippen LogP contribution in [0, 0.1) is 0 Å². The number of amides is 1. The molecular formula is C13H18Cl2N2O4S. The number of halogens is 2. The topological polar surface area (TPSA) is 75.7 Å². The number of nitrogens with zero attached hydrogens (tertiary/aromatic N) is 1. The molecule has 0 bridgehead atoms. The standard InChI is InChI=1S/C13H18Cl2N2O4S/c1-21-8-7-17(22(2,19)20)6-5-13(18)16-12-9-10(14)3-4-11(12)15/h3-4,9H,5-8H2,1-2H3,(H,16,18). The Bertz CT molecular complexity index is 622. The van der Waals surface area contributed by atoms with Crippen molar-refractivity contribution in [3.63, 3.8) is 0 Å². The summed E-state index contributed by atoms with van der Waals surface area (Å²) in [5.41, 5.74) is 0.391. The number of hydrogen-bond donors (Lipinski definition) is 1. The minimum absolute atomic E-state index is 0.000371. The number of nitrogens with one attached hydrogen (secondary N) is 1. The number of hydrogen-bond acceptors (Lipinski definition) is 4. The van der Waals surface area contributed by atoms with Crippen LogP contribution in [-0.4, -0.2) is 51.7 Å². The first-order chi connectivity index (χ1) is 10.2. The van der Waals surface area contributed by atoms with Gasteiger partial charge in [0.05, 0.1) is 23.6 Å². The average molecular weight is 369 g/mol. The van der Waals surface area contributed by atoms with E-state index in [-0.39, 0.29) is 32.0 Å². The molecule has 0 atom stereocenters. The molecule has 0 radical (unpaired) electrons. The second-order valence-corrected chi connectivity index (χ2v) is 7.40. The molecule has 124 valence electrons. The molecule has 0 heterocycles. The van der Waals surface area contributed by atoms with Gasteiger partial charge in [0.2, 0.25) is 15.9 Å². The Balaban J connectivity index is 2.62. The molecule has 0 aliphatic rings. The third-order valence-electron chi connectivity index (χ3n) is 2.80. The number of benzene rings is 1. The minimum Gasteiger partial charge on any atom is -0.383 e. The summed E-state index contributed by atoms with van der Waals surface area (Å²) < 4.78 is 29.3. The molecule has 1 aromatic carbocycles. The fourth-order valence-corrected chi connectivity index (χ4v) is 2.83. The van der Waals surface area contributed by atoms with E-state index in [4.69, 9.17) is 27.9 Å². The Hall–Kier alpha value is -0.860. The molecule has 1 N–H and O–H groups in total. The van der Waals surface area contributed by atoms with Crippen LogP contribution in [0.1, 0.15) is 6.42 Å². The number of methoxy groups -OCH3 is 1. The highest BCUT2D eigenvalue weighted by Gasteiger charge is 2.17. The van der Waals surface area contributed by atoms with Crippen LogP contribution >= 0.6 is 23.2 Å². The van der Waals surface area contributed by atoms with Crippen molar-refractivity contribution in [3.05, 3.63) is 28.2 Å². The smallest absolute Gasteiger partial charge is 0.225 e. The molecule has 0 saturated heterocycles. The van der Waals surface area contributed by atoms with E-state index in [1.165, 1.54) is 17.5 Å². The van der Waals surface area contributed by atoms with Gasteiger partial charge >= 0.3 is 0 Å². The maximum atomic E-state index is 11.9. The lowest BCUT2D eigenvalue weighted by Gasteiger charge is -2.19. The Labute approximate surface area is 140 Å². The summed E-state index contributed by atoms with van der Waals surface area (Å²) in [6, 6.07) is 4.71. The van der Waals surface area contributed by atoms with Gasteiger partial charge in [-0.05, 0) is 18.2 Å². The van der Waals surface area contributed by atoms with Gasteiger partial charge in [-0.2, -0.15) is 4.31 Å². The second-order valence-electron chi connectivity index (χ2n) is 4.58. The highest BCUT2D eigenvalue weighted by molar-refractivity contribution is 7.88. The predicted octanol–water partition coefficient (Wildman–Crippen LogP) is 2.23. The normalized spacial score (nSPS) is 11.7. The molecule has 1 amide bonds. The number of carbonyl (C=O) groups is 1. The van der Waals surface area contributed by atoms with Crippen LogP contribution in [0.3, 0.4) is 0 Å². The number of ether oxygens (including phenoxy) is 1. The lowest BCUT2D eigenvalue weighted by molar-refractivity contribution is -0.116. The predicted molar refractivity (Wildman–Crippen MR) is 88.0 cm³/mol. The van der Waals surface area contributed by atoms with Crippen molar-refractivity contribution in [2.45, 2.75) is 6.42 Å². The van der Waals surface area contributed by atoms with Gasteiger partial charge in [-0.15, -0.1) is 0 Å². The van der Waals surface area contributed by atoms with E-state index in [1.807, 2.05) is 0 Å². The monoisotopic (exact) mass is 368 g/mol. The van der Waals surface area contributed by atoms with Gasteiger partial charge in [-0.1, -0.05) is 23.2 Å². The Morgan fingerprint density at radius 1 is 1.32 bits per heavy atom. The molecule has 0 saturated carbocycles. The van der Waals surface area contributed by atoms with Crippen LogP contribution in [0.25, 0.3) is 0 Å². The van der Waals surface area contributed by atoms with E-state index in [0.717, 1.165) is 6.26 Å². The Morgan fingerprint density at radius 2 is 2.00 bits per heavy atom. The minimum atomic E-state index is -3.39. The third-order valence-corrected chi connectivity index (χ3v) is 4.67. The maximum absolute atomic E-state index is 11.9. The highest BCUT2D eigenvalue weighted by atomic mass is 35.5. The van der Waals surface area contributed by atoms with Gasteiger partial charge in [0.15, 0.2) is 0 Å². The van der Waals surface area contributed by atoms with E-state index >= 15 is 0 Å². The lowest BCUT2D eigenvalue weighted by atomic mass is 10.3. The summed E-state index contributed by atoms with van der Waals surface area (Å²) in [6.45, 7) is 0.515. The molecule has 0 aromatic heterocycles. The van der Waals surface area contributed by atoms with E-state index < -0.39 is 10.0 Å². The van der Waals surface area contributed by atoms with Crippen LogP contribution < -0.4 is 5.32 Å². The summed E-state index contributed by atoms with van der Waals surface area (Å²) in [5, 5.41) is 3.41. The zero-order valence-electron chi connectivity index (χ0n) is 12.3. The molecule has 0 unspecified atom stereocenters. The number of anilines is 1. The Morgan fingerprint density at radius 3 is 2.59 bits per heavy atom. The summed E-state index contributed by atoms with van der Waals surface area (Å²) in [6.07, 6.45) is 1.09. The molecule has 0 fully saturated rings. The summed E-state index contributed by atoms with van der Waals surface area (Å²) in [4.78, 5) is 11.9. The summed E-state index contributed by atoms with van der Waals surface area (Å²) in [7, 11) is -1.91. The summed E-state index contributed by atoms with van der Waals surface area (Å²) in [5.74, 6) is -0.352. The summed E-state index contributed by atoms with van der Waals surface area (Å²) >= 11 is 11.8. The fraction of sp³-hybridized carbons (Fsp3) is 0.462. The highest BCUT2D eigenvalue weighted by Crippen LogP contribution is 2.25. The van der Waals surface area contributed by atoms with Crippen LogP contribution in [0.2, 0.25) is 10.0 Å².